The van der Waals surface area contributed by atoms with Crippen molar-refractivity contribution in [3.05, 3.63) is 51.7 Å². The zero-order chi connectivity index (χ0) is 17.8. The summed E-state index contributed by atoms with van der Waals surface area (Å²) in [7, 11) is 0. The van der Waals surface area contributed by atoms with Crippen LogP contribution in [0.1, 0.15) is 45.4 Å². The molecule has 2 amide bonds. The van der Waals surface area contributed by atoms with E-state index in [1.807, 2.05) is 42.2 Å². The monoisotopic (exact) mass is 358 g/mol. The molecule has 1 aliphatic rings. The van der Waals surface area contributed by atoms with Gasteiger partial charge in [-0.1, -0.05) is 18.2 Å². The minimum Gasteiger partial charge on any atom is -0.493 e. The average Bonchev–Trinajstić information content (AvgIpc) is 3.25. The summed E-state index contributed by atoms with van der Waals surface area (Å²) in [5.74, 6) is 0.487. The Labute approximate surface area is 151 Å². The molecule has 1 aliphatic heterocycles. The van der Waals surface area contributed by atoms with E-state index in [9.17, 15) is 9.59 Å². The van der Waals surface area contributed by atoms with E-state index in [0.717, 1.165) is 35.6 Å². The highest BCUT2D eigenvalue weighted by molar-refractivity contribution is 7.14. The summed E-state index contributed by atoms with van der Waals surface area (Å²) in [4.78, 5) is 27.4. The van der Waals surface area contributed by atoms with Gasteiger partial charge in [0.2, 0.25) is 5.91 Å². The zero-order valence-electron chi connectivity index (χ0n) is 14.2. The van der Waals surface area contributed by atoms with Gasteiger partial charge in [-0.15, -0.1) is 11.3 Å². The summed E-state index contributed by atoms with van der Waals surface area (Å²) in [5.41, 5.74) is 6.39. The van der Waals surface area contributed by atoms with Gasteiger partial charge < -0.3 is 15.4 Å². The van der Waals surface area contributed by atoms with E-state index in [-0.39, 0.29) is 11.9 Å². The van der Waals surface area contributed by atoms with Crippen LogP contribution in [0.2, 0.25) is 0 Å². The van der Waals surface area contributed by atoms with Crippen LogP contribution < -0.4 is 10.5 Å². The smallest absolute Gasteiger partial charge is 0.258 e. The molecule has 0 aliphatic carbocycles. The van der Waals surface area contributed by atoms with Gasteiger partial charge in [0.05, 0.1) is 23.9 Å². The molecule has 1 aromatic carbocycles. The normalized spacial score (nSPS) is 16.8. The van der Waals surface area contributed by atoms with Crippen molar-refractivity contribution in [3.8, 4) is 5.75 Å². The van der Waals surface area contributed by atoms with Gasteiger partial charge in [0.25, 0.3) is 5.91 Å². The topological polar surface area (TPSA) is 72.6 Å². The number of hydrogen-bond acceptors (Lipinski definition) is 4. The van der Waals surface area contributed by atoms with Crippen molar-refractivity contribution in [1.82, 2.24) is 4.90 Å². The van der Waals surface area contributed by atoms with Crippen molar-refractivity contribution in [2.45, 2.75) is 32.2 Å². The number of likely N-dealkylation sites (tertiary alicyclic amines) is 1. The molecule has 0 radical (unpaired) electrons. The highest BCUT2D eigenvalue weighted by atomic mass is 32.1. The fourth-order valence-electron chi connectivity index (χ4n) is 3.14. The number of nitrogens with zero attached hydrogens (tertiary/aromatic N) is 1. The second-order valence-corrected chi connectivity index (χ2v) is 7.29. The summed E-state index contributed by atoms with van der Waals surface area (Å²) in [6, 6.07) is 11.5. The van der Waals surface area contributed by atoms with Gasteiger partial charge in [0.1, 0.15) is 5.75 Å². The van der Waals surface area contributed by atoms with Crippen molar-refractivity contribution in [3.63, 3.8) is 0 Å². The minimum atomic E-state index is -0.418. The van der Waals surface area contributed by atoms with Gasteiger partial charge in [-0.05, 0) is 43.5 Å². The number of primary amides is 1. The van der Waals surface area contributed by atoms with Crippen molar-refractivity contribution < 1.29 is 14.3 Å². The predicted molar refractivity (Wildman–Crippen MR) is 97.8 cm³/mol. The first kappa shape index (κ1) is 17.5. The Balaban J connectivity index is 1.59. The van der Waals surface area contributed by atoms with E-state index < -0.39 is 5.91 Å². The Hall–Kier alpha value is -2.34. The van der Waals surface area contributed by atoms with Crippen LogP contribution in [0.3, 0.4) is 0 Å². The molecule has 1 fully saturated rings. The molecule has 0 unspecified atom stereocenters. The Morgan fingerprint density at radius 3 is 2.80 bits per heavy atom. The molecular formula is C19H22N2O3S. The Kier molecular flexibility index (Phi) is 5.38. The maximum Gasteiger partial charge on any atom is 0.258 e. The number of ether oxygens (including phenoxy) is 1. The first-order chi connectivity index (χ1) is 12.1. The van der Waals surface area contributed by atoms with Crippen LogP contribution in [0.15, 0.2) is 36.4 Å². The van der Waals surface area contributed by atoms with Crippen LogP contribution in [0.25, 0.3) is 0 Å². The largest absolute Gasteiger partial charge is 0.493 e. The molecule has 6 heteroatoms. The first-order valence-electron chi connectivity index (χ1n) is 8.43. The van der Waals surface area contributed by atoms with E-state index in [2.05, 4.69) is 0 Å². The standard InChI is InChI=1S/C19H22N2O3S/c1-13-5-2-3-7-15(13)24-12-10-18(22)21-11-4-6-14(21)16-8-9-17(25-16)19(20)23/h2-3,5,7-9,14H,4,6,10-12H2,1H3,(H2,20,23)/t14-/m1/s1. The summed E-state index contributed by atoms with van der Waals surface area (Å²) in [6.07, 6.45) is 2.24. The Morgan fingerprint density at radius 1 is 1.28 bits per heavy atom. The van der Waals surface area contributed by atoms with Gasteiger partial charge in [-0.25, -0.2) is 0 Å². The molecule has 0 spiro atoms. The molecular weight excluding hydrogens is 336 g/mol. The van der Waals surface area contributed by atoms with E-state index in [1.54, 1.807) is 6.07 Å². The zero-order valence-corrected chi connectivity index (χ0v) is 15.1. The molecule has 2 N–H and O–H groups in total. The number of nitrogens with two attached hydrogens (primary N) is 1. The van der Waals surface area contributed by atoms with E-state index in [0.29, 0.717) is 17.9 Å². The number of carbonyl (C=O) groups excluding carboxylic acids is 2. The SMILES string of the molecule is Cc1ccccc1OCCC(=O)N1CCC[C@@H]1c1ccc(C(N)=O)s1. The first-order valence-corrected chi connectivity index (χ1v) is 9.25. The van der Waals surface area contributed by atoms with Crippen LogP contribution in [0.5, 0.6) is 5.75 Å². The summed E-state index contributed by atoms with van der Waals surface area (Å²) in [6.45, 7) is 3.10. The van der Waals surface area contributed by atoms with E-state index in [1.165, 1.54) is 11.3 Å². The van der Waals surface area contributed by atoms with E-state index >= 15 is 0 Å². The number of rotatable bonds is 6. The molecule has 132 valence electrons. The number of hydrogen-bond donors (Lipinski definition) is 1. The van der Waals surface area contributed by atoms with Crippen molar-refractivity contribution >= 4 is 23.2 Å². The number of aryl methyl sites for hydroxylation is 1. The van der Waals surface area contributed by atoms with Gasteiger partial charge in [0.15, 0.2) is 0 Å². The van der Waals surface area contributed by atoms with Gasteiger partial charge in [-0.3, -0.25) is 9.59 Å². The Morgan fingerprint density at radius 2 is 2.08 bits per heavy atom. The summed E-state index contributed by atoms with van der Waals surface area (Å²) >= 11 is 1.38. The van der Waals surface area contributed by atoms with Crippen LogP contribution in [0.4, 0.5) is 0 Å². The molecule has 3 rings (SSSR count). The molecule has 5 nitrogen and oxygen atoms in total. The molecule has 1 saturated heterocycles. The molecule has 2 aromatic rings. The molecule has 0 saturated carbocycles. The average molecular weight is 358 g/mol. The van der Waals surface area contributed by atoms with Crippen LogP contribution in [-0.4, -0.2) is 29.9 Å². The van der Waals surface area contributed by atoms with Gasteiger partial charge in [0, 0.05) is 11.4 Å². The third-order valence-electron chi connectivity index (χ3n) is 4.44. The van der Waals surface area contributed by atoms with Gasteiger partial charge in [-0.2, -0.15) is 0 Å². The maximum atomic E-state index is 12.6. The van der Waals surface area contributed by atoms with Crippen molar-refractivity contribution in [2.75, 3.05) is 13.2 Å². The van der Waals surface area contributed by atoms with Crippen LogP contribution in [-0.2, 0) is 4.79 Å². The molecule has 2 heterocycles. The molecule has 0 bridgehead atoms. The van der Waals surface area contributed by atoms with Crippen molar-refractivity contribution in [2.24, 2.45) is 5.73 Å². The number of amides is 2. The number of para-hydroxylation sites is 1. The fourth-order valence-corrected chi connectivity index (χ4v) is 4.14. The highest BCUT2D eigenvalue weighted by Gasteiger charge is 2.31. The van der Waals surface area contributed by atoms with E-state index in [4.69, 9.17) is 10.5 Å². The number of benzene rings is 1. The quantitative estimate of drug-likeness (QED) is 0.861. The Bertz CT molecular complexity index is 772. The lowest BCUT2D eigenvalue weighted by molar-refractivity contribution is -0.132. The molecule has 25 heavy (non-hydrogen) atoms. The molecule has 1 aromatic heterocycles. The second-order valence-electron chi connectivity index (χ2n) is 6.18. The lowest BCUT2D eigenvalue weighted by atomic mass is 10.2. The summed E-state index contributed by atoms with van der Waals surface area (Å²) < 4.78 is 5.74. The fraction of sp³-hybridized carbons (Fsp3) is 0.368. The van der Waals surface area contributed by atoms with Crippen LogP contribution in [0, 0.1) is 6.92 Å². The summed E-state index contributed by atoms with van der Waals surface area (Å²) in [5, 5.41) is 0. The third-order valence-corrected chi connectivity index (χ3v) is 5.64. The van der Waals surface area contributed by atoms with Crippen molar-refractivity contribution in [1.29, 1.82) is 0 Å². The molecule has 1 atom stereocenters. The highest BCUT2D eigenvalue weighted by Crippen LogP contribution is 2.36. The number of carbonyl (C=O) groups is 2. The third kappa shape index (κ3) is 4.02. The minimum absolute atomic E-state index is 0.0454. The second kappa shape index (κ2) is 7.70. The van der Waals surface area contributed by atoms with Gasteiger partial charge >= 0.3 is 0 Å². The maximum absolute atomic E-state index is 12.6. The predicted octanol–water partition coefficient (Wildman–Crippen LogP) is 3.29. The lowest BCUT2D eigenvalue weighted by Gasteiger charge is -2.24. The van der Waals surface area contributed by atoms with Crippen LogP contribution >= 0.6 is 11.3 Å². The lowest BCUT2D eigenvalue weighted by Crippen LogP contribution is -2.31. The number of thiophene rings is 1.